The number of nitrogens with zero attached hydrogens (tertiary/aromatic N) is 4. The Kier molecular flexibility index (Phi) is 28.4. The Morgan fingerprint density at radius 3 is 0.441 bits per heavy atom. The van der Waals surface area contributed by atoms with Crippen LogP contribution in [-0.4, -0.2) is 0 Å². The van der Waals surface area contributed by atoms with Crippen LogP contribution in [0.25, 0.3) is 145 Å². The van der Waals surface area contributed by atoms with Crippen LogP contribution in [-0.2, 0) is 0 Å². The largest absolute Gasteiger partial charge is 0.311 e. The smallest absolute Gasteiger partial charge is 0.123 e. The topological polar surface area (TPSA) is 33.5 Å². The molecule has 6 heteroatoms. The van der Waals surface area contributed by atoms with Gasteiger partial charge in [-0.3, -0.25) is 0 Å². The SMILES string of the molecule is Fc1ccc(-c2ccc(N(c3ccc(-c4ccc(F)cc4)cc3)c3ccc(-c4ccc(-c5ccccc5)cc4)cc3)cc2)cc1.N#Cc1ccc(-c2ccc(N(c3ccc(-c4ccc(-c5ccccc5)cc4)cc3)c3ccc(-c4ccc(-c5ccccc5)cc4)cc3)cc2)cc1.c1ccc(-c2ccc(-c3ccc(N(c4ccc(-c5ccc(-c6ccccc6)cc5)cc4)c4ccc(C5CCCCC5)cc4)cc3)cc2)cc1. The molecule has 22 aromatic carbocycles. The predicted octanol–water partition coefficient (Wildman–Crippen LogP) is 39.3. The van der Waals surface area contributed by atoms with Crippen LogP contribution in [0.3, 0.4) is 0 Å². The molecule has 0 N–H and O–H groups in total. The average Bonchev–Trinajstić information content (AvgIpc) is 0.795. The van der Waals surface area contributed by atoms with Crippen LogP contribution in [0.1, 0.15) is 49.1 Å². The molecule has 0 spiro atoms. The molecule has 0 heterocycles. The first-order valence-electron chi connectivity index (χ1n) is 49.7. The molecule has 0 amide bonds. The van der Waals surface area contributed by atoms with E-state index in [0.717, 1.165) is 90.0 Å². The standard InChI is InChI=1S/C49H34N2.C48H41N.C42H29F2N/c50-35-36-11-13-39(14-12-36)44-23-29-47(30-24-44)51(48-31-25-45(26-32-48)42-19-15-40(16-20-42)37-7-3-1-4-8-37)49-33-27-46(28-34-49)43-21-17-41(18-22-43)38-9-5-2-6-10-38;1-4-10-36(11-5-1)39-16-20-41(21-17-39)44-26-32-47(33-27-44)49(46-30-24-43(25-31-46)38-14-8-3-9-15-38)48-34-28-45(29-35-48)42-22-18-40(19-23-42)37-12-6-2-7-13-37;43-38-20-10-33(11-21-38)36-16-26-41(27-17-36)45(42-28-18-37(19-29-42)34-12-22-39(44)23-13-34)40-24-14-35(15-25-40)32-8-6-31(7-9-32)30-4-2-1-3-5-30/h1-34H;1-2,4-7,10-13,16-35,38H,3,8-9,14-15H2;1-29H. The first-order valence-corrected chi connectivity index (χ1v) is 49.7. The van der Waals surface area contributed by atoms with Gasteiger partial charge in [0.1, 0.15) is 11.6 Å². The minimum atomic E-state index is -0.249. The number of halogens is 2. The molecule has 0 radical (unpaired) electrons. The van der Waals surface area contributed by atoms with Gasteiger partial charge in [-0.05, 0) is 315 Å². The minimum absolute atomic E-state index is 0.249. The van der Waals surface area contributed by atoms with Crippen LogP contribution < -0.4 is 14.7 Å². The lowest BCUT2D eigenvalue weighted by molar-refractivity contribution is 0.443. The van der Waals surface area contributed by atoms with Crippen molar-refractivity contribution < 1.29 is 8.78 Å². The molecule has 145 heavy (non-hydrogen) atoms. The maximum absolute atomic E-state index is 13.5. The van der Waals surface area contributed by atoms with Crippen molar-refractivity contribution in [3.05, 3.63) is 587 Å². The van der Waals surface area contributed by atoms with Crippen molar-refractivity contribution in [3.8, 4) is 151 Å². The zero-order chi connectivity index (χ0) is 97.8. The average molecular weight is 1870 g/mol. The first-order chi connectivity index (χ1) is 71.6. The number of hydrogen-bond donors (Lipinski definition) is 0. The van der Waals surface area contributed by atoms with Crippen molar-refractivity contribution in [2.24, 2.45) is 0 Å². The summed E-state index contributed by atoms with van der Waals surface area (Å²) in [5, 5.41) is 9.23. The number of anilines is 9. The molecule has 22 aromatic rings. The highest BCUT2D eigenvalue weighted by Gasteiger charge is 2.22. The Labute approximate surface area is 849 Å². The fourth-order valence-corrected chi connectivity index (χ4v) is 19.5. The van der Waals surface area contributed by atoms with Crippen LogP contribution in [0.2, 0.25) is 0 Å². The molecule has 1 aliphatic rings. The Morgan fingerprint density at radius 1 is 0.152 bits per heavy atom. The second-order valence-electron chi connectivity index (χ2n) is 36.7. The van der Waals surface area contributed by atoms with Gasteiger partial charge in [0.2, 0.25) is 0 Å². The number of benzene rings is 22. The van der Waals surface area contributed by atoms with Crippen molar-refractivity contribution in [1.29, 1.82) is 5.26 Å². The summed E-state index contributed by atoms with van der Waals surface area (Å²) in [4.78, 5) is 6.90. The van der Waals surface area contributed by atoms with Crippen molar-refractivity contribution in [2.75, 3.05) is 14.7 Å². The van der Waals surface area contributed by atoms with Gasteiger partial charge in [0.25, 0.3) is 0 Å². The lowest BCUT2D eigenvalue weighted by atomic mass is 9.84. The Morgan fingerprint density at radius 2 is 0.283 bits per heavy atom. The van der Waals surface area contributed by atoms with Gasteiger partial charge in [-0.2, -0.15) is 5.26 Å². The van der Waals surface area contributed by atoms with E-state index >= 15 is 0 Å². The molecule has 0 bridgehead atoms. The summed E-state index contributed by atoms with van der Waals surface area (Å²) in [6.07, 6.45) is 6.69. The fourth-order valence-electron chi connectivity index (χ4n) is 19.5. The molecule has 1 aliphatic carbocycles. The number of hydrogen-bond acceptors (Lipinski definition) is 4. The highest BCUT2D eigenvalue weighted by molar-refractivity contribution is 5.87. The third kappa shape index (κ3) is 22.3. The summed E-state index contributed by atoms with van der Waals surface area (Å²) >= 11 is 0. The normalized spacial score (nSPS) is 11.6. The summed E-state index contributed by atoms with van der Waals surface area (Å²) in [7, 11) is 0. The van der Waals surface area contributed by atoms with Gasteiger partial charge in [-0.15, -0.1) is 0 Å². The van der Waals surface area contributed by atoms with E-state index in [2.05, 4.69) is 494 Å². The summed E-state index contributed by atoms with van der Waals surface area (Å²) < 4.78 is 27.0. The van der Waals surface area contributed by atoms with E-state index in [4.69, 9.17) is 0 Å². The van der Waals surface area contributed by atoms with Gasteiger partial charge in [-0.1, -0.05) is 438 Å². The number of rotatable bonds is 23. The van der Waals surface area contributed by atoms with Gasteiger partial charge in [0.05, 0.1) is 11.6 Å². The van der Waals surface area contributed by atoms with E-state index < -0.39 is 0 Å². The highest BCUT2D eigenvalue weighted by Crippen LogP contribution is 2.45. The molecule has 1 fully saturated rings. The monoisotopic (exact) mass is 1870 g/mol. The van der Waals surface area contributed by atoms with Gasteiger partial charge < -0.3 is 14.7 Å². The van der Waals surface area contributed by atoms with Crippen LogP contribution in [0.5, 0.6) is 0 Å². The fraction of sp³-hybridized carbons (Fsp3) is 0.0432. The van der Waals surface area contributed by atoms with Gasteiger partial charge in [-0.25, -0.2) is 8.78 Å². The second kappa shape index (κ2) is 44.4. The second-order valence-corrected chi connectivity index (χ2v) is 36.7. The number of nitriles is 1. The molecule has 1 saturated carbocycles. The Hall–Kier alpha value is -18.4. The Bertz CT molecular complexity index is 7660. The lowest BCUT2D eigenvalue weighted by Crippen LogP contribution is -2.10. The van der Waals surface area contributed by atoms with E-state index in [1.165, 1.54) is 168 Å². The van der Waals surface area contributed by atoms with Crippen LogP contribution in [0.15, 0.2) is 564 Å². The molecule has 4 nitrogen and oxygen atoms in total. The van der Waals surface area contributed by atoms with Crippen molar-refractivity contribution in [1.82, 2.24) is 0 Å². The molecule has 23 rings (SSSR count). The van der Waals surface area contributed by atoms with Crippen LogP contribution in [0, 0.1) is 23.0 Å². The lowest BCUT2D eigenvalue weighted by Gasteiger charge is -2.27. The molecular weight excluding hydrogens is 1760 g/mol. The third-order valence-electron chi connectivity index (χ3n) is 27.6. The molecule has 0 saturated heterocycles. The van der Waals surface area contributed by atoms with E-state index in [1.807, 2.05) is 42.5 Å². The van der Waals surface area contributed by atoms with Crippen LogP contribution in [0.4, 0.5) is 60.0 Å². The van der Waals surface area contributed by atoms with E-state index in [1.54, 1.807) is 24.3 Å². The first kappa shape index (κ1) is 92.9. The van der Waals surface area contributed by atoms with E-state index in [9.17, 15) is 14.0 Å². The van der Waals surface area contributed by atoms with Gasteiger partial charge >= 0.3 is 0 Å². The maximum Gasteiger partial charge on any atom is 0.123 e. The van der Waals surface area contributed by atoms with Crippen LogP contribution >= 0.6 is 0 Å². The van der Waals surface area contributed by atoms with Crippen molar-refractivity contribution >= 4 is 51.2 Å². The molecular formula is C139H104F2N4. The zero-order valence-electron chi connectivity index (χ0n) is 80.4. The van der Waals surface area contributed by atoms with Crippen molar-refractivity contribution in [3.63, 3.8) is 0 Å². The summed E-state index contributed by atoms with van der Waals surface area (Å²) in [5.41, 5.74) is 42.0. The summed E-state index contributed by atoms with van der Waals surface area (Å²) in [6, 6.07) is 198. The maximum atomic E-state index is 13.5. The van der Waals surface area contributed by atoms with E-state index in [-0.39, 0.29) is 11.6 Å². The molecule has 0 aliphatic heterocycles. The Balaban J connectivity index is 0.000000128. The van der Waals surface area contributed by atoms with Gasteiger partial charge in [0, 0.05) is 51.2 Å². The van der Waals surface area contributed by atoms with Crippen molar-refractivity contribution in [2.45, 2.75) is 38.0 Å². The van der Waals surface area contributed by atoms with Gasteiger partial charge in [0.15, 0.2) is 0 Å². The van der Waals surface area contributed by atoms with E-state index in [0.29, 0.717) is 11.5 Å². The molecule has 694 valence electrons. The molecule has 0 unspecified atom stereocenters. The quantitative estimate of drug-likeness (QED) is 0.0639. The third-order valence-corrected chi connectivity index (χ3v) is 27.6. The highest BCUT2D eigenvalue weighted by atomic mass is 19.1. The summed E-state index contributed by atoms with van der Waals surface area (Å²) in [5.74, 6) is 0.193. The zero-order valence-corrected chi connectivity index (χ0v) is 80.4. The predicted molar refractivity (Wildman–Crippen MR) is 605 cm³/mol. The molecule has 0 aromatic heterocycles. The minimum Gasteiger partial charge on any atom is -0.311 e. The summed E-state index contributed by atoms with van der Waals surface area (Å²) in [6.45, 7) is 0. The molecule has 0 atom stereocenters.